The van der Waals surface area contributed by atoms with Gasteiger partial charge in [0.15, 0.2) is 0 Å². The summed E-state index contributed by atoms with van der Waals surface area (Å²) >= 11 is 0. The van der Waals surface area contributed by atoms with Crippen LogP contribution in [-0.4, -0.2) is 24.5 Å². The molecule has 3 nitrogen and oxygen atoms in total. The zero-order valence-electron chi connectivity index (χ0n) is 8.92. The SMILES string of the molecule is FC(F)CNc1cccc([C@H]2CCCN2)n1. The molecule has 5 heteroatoms. The third kappa shape index (κ3) is 2.88. The minimum absolute atomic E-state index is 0.272. The largest absolute Gasteiger partial charge is 0.364 e. The Morgan fingerprint density at radius 1 is 1.50 bits per heavy atom. The standard InChI is InChI=1S/C11H15F2N3/c12-10(13)7-15-11-5-1-3-9(16-11)8-4-2-6-14-8/h1,3,5,8,10,14H,2,4,6-7H2,(H,15,16)/t8-/m1/s1. The van der Waals surface area contributed by atoms with E-state index in [0.717, 1.165) is 25.1 Å². The Morgan fingerprint density at radius 3 is 3.06 bits per heavy atom. The van der Waals surface area contributed by atoms with Gasteiger partial charge in [0, 0.05) is 6.04 Å². The van der Waals surface area contributed by atoms with Gasteiger partial charge in [-0.05, 0) is 31.5 Å². The Labute approximate surface area is 93.3 Å². The van der Waals surface area contributed by atoms with Gasteiger partial charge < -0.3 is 10.6 Å². The molecule has 0 amide bonds. The molecule has 2 N–H and O–H groups in total. The number of hydrogen-bond donors (Lipinski definition) is 2. The third-order valence-electron chi connectivity index (χ3n) is 2.63. The predicted octanol–water partition coefficient (Wildman–Crippen LogP) is 2.18. The van der Waals surface area contributed by atoms with Crippen molar-refractivity contribution in [2.75, 3.05) is 18.4 Å². The second kappa shape index (κ2) is 5.21. The highest BCUT2D eigenvalue weighted by molar-refractivity contribution is 5.36. The van der Waals surface area contributed by atoms with E-state index in [1.165, 1.54) is 0 Å². The summed E-state index contributed by atoms with van der Waals surface area (Å²) in [6.45, 7) is 0.648. The number of aromatic nitrogens is 1. The molecule has 0 bridgehead atoms. The van der Waals surface area contributed by atoms with E-state index in [-0.39, 0.29) is 12.6 Å². The normalized spacial score (nSPS) is 20.3. The highest BCUT2D eigenvalue weighted by Gasteiger charge is 2.17. The van der Waals surface area contributed by atoms with Gasteiger partial charge >= 0.3 is 0 Å². The molecule has 0 aromatic carbocycles. The molecule has 0 aliphatic carbocycles. The summed E-state index contributed by atoms with van der Waals surface area (Å²) < 4.78 is 24.0. The number of alkyl halides is 2. The van der Waals surface area contributed by atoms with E-state index in [9.17, 15) is 8.78 Å². The molecule has 16 heavy (non-hydrogen) atoms. The summed E-state index contributed by atoms with van der Waals surface area (Å²) in [5.74, 6) is 0.520. The number of hydrogen-bond acceptors (Lipinski definition) is 3. The average molecular weight is 227 g/mol. The smallest absolute Gasteiger partial charge is 0.255 e. The van der Waals surface area contributed by atoms with Crippen LogP contribution >= 0.6 is 0 Å². The van der Waals surface area contributed by atoms with Crippen LogP contribution in [0.2, 0.25) is 0 Å². The number of halogens is 2. The molecule has 1 aliphatic heterocycles. The minimum atomic E-state index is -2.35. The van der Waals surface area contributed by atoms with Gasteiger partial charge in [0.05, 0.1) is 12.2 Å². The maximum absolute atomic E-state index is 12.0. The van der Waals surface area contributed by atoms with E-state index in [2.05, 4.69) is 15.6 Å². The van der Waals surface area contributed by atoms with Crippen LogP contribution in [0.5, 0.6) is 0 Å². The number of rotatable bonds is 4. The van der Waals surface area contributed by atoms with Gasteiger partial charge in [0.2, 0.25) is 0 Å². The van der Waals surface area contributed by atoms with Crippen LogP contribution in [0.1, 0.15) is 24.6 Å². The lowest BCUT2D eigenvalue weighted by Crippen LogP contribution is -2.16. The van der Waals surface area contributed by atoms with Crippen LogP contribution in [0.3, 0.4) is 0 Å². The van der Waals surface area contributed by atoms with Crippen LogP contribution < -0.4 is 10.6 Å². The van der Waals surface area contributed by atoms with E-state index in [0.29, 0.717) is 5.82 Å². The van der Waals surface area contributed by atoms with Gasteiger partial charge in [-0.2, -0.15) is 0 Å². The summed E-state index contributed by atoms with van der Waals surface area (Å²) in [6, 6.07) is 5.75. The van der Waals surface area contributed by atoms with Crippen LogP contribution in [0.25, 0.3) is 0 Å². The maximum Gasteiger partial charge on any atom is 0.255 e. The molecule has 1 saturated heterocycles. The highest BCUT2D eigenvalue weighted by Crippen LogP contribution is 2.22. The van der Waals surface area contributed by atoms with Crippen molar-refractivity contribution in [3.63, 3.8) is 0 Å². The lowest BCUT2D eigenvalue weighted by Gasteiger charge is -2.11. The number of anilines is 1. The van der Waals surface area contributed by atoms with Crippen LogP contribution in [0.4, 0.5) is 14.6 Å². The summed E-state index contributed by atoms with van der Waals surface area (Å²) in [6.07, 6.45) is -0.151. The number of pyridine rings is 1. The topological polar surface area (TPSA) is 37.0 Å². The molecule has 0 radical (unpaired) electrons. The summed E-state index contributed by atoms with van der Waals surface area (Å²) in [5.41, 5.74) is 0.928. The fourth-order valence-corrected chi connectivity index (χ4v) is 1.86. The molecule has 0 unspecified atom stereocenters. The summed E-state index contributed by atoms with van der Waals surface area (Å²) in [4.78, 5) is 4.32. The van der Waals surface area contributed by atoms with Crippen LogP contribution in [-0.2, 0) is 0 Å². The van der Waals surface area contributed by atoms with Gasteiger partial charge in [-0.3, -0.25) is 0 Å². The zero-order chi connectivity index (χ0) is 11.4. The average Bonchev–Trinajstić information content (AvgIpc) is 2.80. The summed E-state index contributed by atoms with van der Waals surface area (Å²) in [5, 5.41) is 5.95. The van der Waals surface area contributed by atoms with E-state index < -0.39 is 6.43 Å². The molecule has 0 spiro atoms. The first-order valence-electron chi connectivity index (χ1n) is 5.48. The summed E-state index contributed by atoms with van der Waals surface area (Å²) in [7, 11) is 0. The molecule has 1 aromatic rings. The van der Waals surface area contributed by atoms with E-state index in [4.69, 9.17) is 0 Å². The lowest BCUT2D eigenvalue weighted by molar-refractivity contribution is 0.163. The first-order chi connectivity index (χ1) is 7.75. The second-order valence-electron chi connectivity index (χ2n) is 3.87. The predicted molar refractivity (Wildman–Crippen MR) is 58.7 cm³/mol. The number of nitrogens with zero attached hydrogens (tertiary/aromatic N) is 1. The van der Waals surface area contributed by atoms with Gasteiger partial charge in [-0.15, -0.1) is 0 Å². The van der Waals surface area contributed by atoms with E-state index >= 15 is 0 Å². The Morgan fingerprint density at radius 2 is 2.38 bits per heavy atom. The highest BCUT2D eigenvalue weighted by atomic mass is 19.3. The monoisotopic (exact) mass is 227 g/mol. The molecule has 2 heterocycles. The van der Waals surface area contributed by atoms with Crippen molar-refractivity contribution in [3.05, 3.63) is 23.9 Å². The van der Waals surface area contributed by atoms with Crippen molar-refractivity contribution in [1.82, 2.24) is 10.3 Å². The van der Waals surface area contributed by atoms with Crippen molar-refractivity contribution < 1.29 is 8.78 Å². The molecular weight excluding hydrogens is 212 g/mol. The maximum atomic E-state index is 12.0. The van der Waals surface area contributed by atoms with Gasteiger partial charge in [-0.25, -0.2) is 13.8 Å². The van der Waals surface area contributed by atoms with Crippen molar-refractivity contribution in [2.24, 2.45) is 0 Å². The van der Waals surface area contributed by atoms with Crippen LogP contribution in [0, 0.1) is 0 Å². The molecule has 1 aliphatic rings. The molecule has 1 fully saturated rings. The molecule has 0 saturated carbocycles. The fraction of sp³-hybridized carbons (Fsp3) is 0.545. The van der Waals surface area contributed by atoms with Crippen molar-refractivity contribution in [3.8, 4) is 0 Å². The van der Waals surface area contributed by atoms with E-state index in [1.54, 1.807) is 6.07 Å². The Bertz CT molecular complexity index is 338. The zero-order valence-corrected chi connectivity index (χ0v) is 8.92. The Balaban J connectivity index is 2.01. The first-order valence-corrected chi connectivity index (χ1v) is 5.48. The third-order valence-corrected chi connectivity index (χ3v) is 2.63. The van der Waals surface area contributed by atoms with Crippen LogP contribution in [0.15, 0.2) is 18.2 Å². The first kappa shape index (κ1) is 11.3. The molecular formula is C11H15F2N3. The van der Waals surface area contributed by atoms with Crippen molar-refractivity contribution in [1.29, 1.82) is 0 Å². The van der Waals surface area contributed by atoms with Gasteiger partial charge in [0.1, 0.15) is 5.82 Å². The van der Waals surface area contributed by atoms with E-state index in [1.807, 2.05) is 12.1 Å². The molecule has 2 rings (SSSR count). The molecule has 1 aromatic heterocycles. The minimum Gasteiger partial charge on any atom is -0.364 e. The fourth-order valence-electron chi connectivity index (χ4n) is 1.86. The Hall–Kier alpha value is -1.23. The Kier molecular flexibility index (Phi) is 3.66. The molecule has 88 valence electrons. The molecule has 1 atom stereocenters. The van der Waals surface area contributed by atoms with Gasteiger partial charge in [-0.1, -0.05) is 6.07 Å². The van der Waals surface area contributed by atoms with Gasteiger partial charge in [0.25, 0.3) is 6.43 Å². The lowest BCUT2D eigenvalue weighted by atomic mass is 10.1. The quantitative estimate of drug-likeness (QED) is 0.827. The second-order valence-corrected chi connectivity index (χ2v) is 3.87. The number of nitrogens with one attached hydrogen (secondary N) is 2. The van der Waals surface area contributed by atoms with Crippen molar-refractivity contribution in [2.45, 2.75) is 25.3 Å². The van der Waals surface area contributed by atoms with Crippen molar-refractivity contribution >= 4 is 5.82 Å².